The molecular formula is C25H22Cl2F6N4O. The Bertz CT molecular complexity index is 1280. The van der Waals surface area contributed by atoms with Crippen LogP contribution in [0.2, 0.25) is 0 Å². The molecule has 204 valence electrons. The summed E-state index contributed by atoms with van der Waals surface area (Å²) in [6.45, 7) is 3.05. The van der Waals surface area contributed by atoms with Crippen LogP contribution in [0, 0.1) is 5.41 Å². The number of carbonyl (C=O) groups is 1. The van der Waals surface area contributed by atoms with Crippen LogP contribution in [-0.4, -0.2) is 30.5 Å². The fourth-order valence-corrected chi connectivity index (χ4v) is 4.94. The second-order valence-electron chi connectivity index (χ2n) is 9.40. The molecule has 2 aromatic rings. The van der Waals surface area contributed by atoms with E-state index in [0.717, 1.165) is 0 Å². The molecule has 38 heavy (non-hydrogen) atoms. The van der Waals surface area contributed by atoms with Gasteiger partial charge >= 0.3 is 12.4 Å². The second-order valence-corrected chi connectivity index (χ2v) is 10.3. The summed E-state index contributed by atoms with van der Waals surface area (Å²) >= 11 is 12.7. The van der Waals surface area contributed by atoms with Crippen molar-refractivity contribution in [2.75, 3.05) is 29.9 Å². The fraction of sp³-hybridized carbons (Fsp3) is 0.360. The molecule has 1 aromatic carbocycles. The van der Waals surface area contributed by atoms with Gasteiger partial charge in [-0.25, -0.2) is 4.98 Å². The predicted molar refractivity (Wildman–Crippen MR) is 133 cm³/mol. The van der Waals surface area contributed by atoms with Crippen molar-refractivity contribution in [1.29, 1.82) is 0 Å². The number of hydrogen-bond acceptors (Lipinski definition) is 4. The highest BCUT2D eigenvalue weighted by Gasteiger charge is 2.37. The number of carbonyl (C=O) groups excluding carboxylic acids is 1. The van der Waals surface area contributed by atoms with Gasteiger partial charge in [0.25, 0.3) is 5.91 Å². The molecule has 13 heteroatoms. The topological polar surface area (TPSA) is 57.3 Å². The summed E-state index contributed by atoms with van der Waals surface area (Å²) in [5.74, 6) is -0.175. The molecule has 1 atom stereocenters. The third-order valence-corrected chi connectivity index (χ3v) is 7.17. The van der Waals surface area contributed by atoms with Crippen LogP contribution >= 0.6 is 23.2 Å². The molecule has 0 bridgehead atoms. The molecule has 0 fully saturated rings. The van der Waals surface area contributed by atoms with E-state index in [1.807, 2.05) is 11.8 Å². The van der Waals surface area contributed by atoms with Gasteiger partial charge in [0.05, 0.1) is 22.4 Å². The van der Waals surface area contributed by atoms with Gasteiger partial charge in [-0.3, -0.25) is 4.79 Å². The van der Waals surface area contributed by atoms with Gasteiger partial charge in [0.1, 0.15) is 5.82 Å². The zero-order chi connectivity index (χ0) is 27.9. The molecule has 0 radical (unpaired) electrons. The quantitative estimate of drug-likeness (QED) is 0.377. The summed E-state index contributed by atoms with van der Waals surface area (Å²) in [4.78, 5) is 19.1. The average molecular weight is 579 g/mol. The summed E-state index contributed by atoms with van der Waals surface area (Å²) in [6, 6.07) is 2.76. The van der Waals surface area contributed by atoms with Crippen LogP contribution in [0.25, 0.3) is 0 Å². The third kappa shape index (κ3) is 6.20. The maximum Gasteiger partial charge on any atom is 0.416 e. The van der Waals surface area contributed by atoms with E-state index in [9.17, 15) is 31.1 Å². The van der Waals surface area contributed by atoms with Crippen molar-refractivity contribution in [3.8, 4) is 0 Å². The number of rotatable bonds is 5. The smallest absolute Gasteiger partial charge is 0.367 e. The van der Waals surface area contributed by atoms with Gasteiger partial charge in [-0.2, -0.15) is 26.3 Å². The van der Waals surface area contributed by atoms with Crippen molar-refractivity contribution in [2.45, 2.75) is 32.2 Å². The molecule has 1 aliphatic heterocycles. The minimum absolute atomic E-state index is 0.0392. The van der Waals surface area contributed by atoms with Crippen LogP contribution in [0.15, 0.2) is 52.7 Å². The van der Waals surface area contributed by atoms with Gasteiger partial charge in [-0.1, -0.05) is 30.1 Å². The van der Waals surface area contributed by atoms with Gasteiger partial charge < -0.3 is 15.5 Å². The van der Waals surface area contributed by atoms with Crippen molar-refractivity contribution in [3.63, 3.8) is 0 Å². The molecule has 5 nitrogen and oxygen atoms in total. The summed E-state index contributed by atoms with van der Waals surface area (Å²) in [7, 11) is 0. The highest BCUT2D eigenvalue weighted by molar-refractivity contribution is 6.32. The lowest BCUT2D eigenvalue weighted by atomic mass is 9.82. The zero-order valence-corrected chi connectivity index (χ0v) is 21.4. The SMILES string of the molecule is CC1(CN2CCNc3ncc(C(=O)NCc4cc(C(F)(F)F)cc(C(F)(F)F)c4)cc32)CC(Cl)=CC=C1Cl. The van der Waals surface area contributed by atoms with Crippen molar-refractivity contribution in [3.05, 3.63) is 74.9 Å². The first-order valence-electron chi connectivity index (χ1n) is 11.4. The maximum atomic E-state index is 13.1. The van der Waals surface area contributed by atoms with Crippen molar-refractivity contribution in [2.24, 2.45) is 5.41 Å². The Morgan fingerprint density at radius 1 is 1.08 bits per heavy atom. The summed E-state index contributed by atoms with van der Waals surface area (Å²) in [6.07, 6.45) is -4.67. The molecule has 0 saturated carbocycles. The van der Waals surface area contributed by atoms with Crippen LogP contribution in [0.3, 0.4) is 0 Å². The molecule has 1 aromatic heterocycles. The summed E-state index contributed by atoms with van der Waals surface area (Å²) in [5.41, 5.74) is -3.03. The van der Waals surface area contributed by atoms with Crippen molar-refractivity contribution in [1.82, 2.24) is 10.3 Å². The first kappa shape index (κ1) is 28.1. The highest BCUT2D eigenvalue weighted by Crippen LogP contribution is 2.43. The lowest BCUT2D eigenvalue weighted by molar-refractivity contribution is -0.143. The third-order valence-electron chi connectivity index (χ3n) is 6.33. The number of nitrogens with one attached hydrogen (secondary N) is 2. The predicted octanol–water partition coefficient (Wildman–Crippen LogP) is 6.94. The molecule has 0 spiro atoms. The first-order chi connectivity index (χ1) is 17.7. The number of pyridine rings is 1. The average Bonchev–Trinajstić information content (AvgIpc) is 2.83. The molecule has 0 saturated heterocycles. The number of allylic oxidation sites excluding steroid dienone is 3. The minimum atomic E-state index is -4.98. The van der Waals surface area contributed by atoms with E-state index in [0.29, 0.717) is 59.8 Å². The fourth-order valence-electron chi connectivity index (χ4n) is 4.39. The Balaban J connectivity index is 1.54. The van der Waals surface area contributed by atoms with Crippen molar-refractivity contribution >= 4 is 40.6 Å². The van der Waals surface area contributed by atoms with Crippen LogP contribution in [0.4, 0.5) is 37.8 Å². The standard InChI is InChI=1S/C25H22Cl2F6N4O/c1-23(10-18(26)2-3-20(23)27)13-37-5-4-34-21-19(37)8-15(12-35-21)22(38)36-11-14-6-16(24(28,29)30)9-17(7-14)25(31,32)33/h2-3,6-9,12H,4-5,10-11,13H2,1H3,(H,34,35)(H,36,38). The number of aromatic nitrogens is 1. The largest absolute Gasteiger partial charge is 0.416 e. The van der Waals surface area contributed by atoms with E-state index in [2.05, 4.69) is 15.6 Å². The Hall–Kier alpha value is -2.92. The molecular weight excluding hydrogens is 557 g/mol. The Labute approximate surface area is 224 Å². The van der Waals surface area contributed by atoms with E-state index in [1.54, 1.807) is 18.2 Å². The number of anilines is 2. The molecule has 2 heterocycles. The van der Waals surface area contributed by atoms with Gasteiger partial charge in [0.2, 0.25) is 0 Å². The van der Waals surface area contributed by atoms with E-state index < -0.39 is 41.3 Å². The van der Waals surface area contributed by atoms with Gasteiger partial charge in [0, 0.05) is 47.9 Å². The van der Waals surface area contributed by atoms with Crippen molar-refractivity contribution < 1.29 is 31.1 Å². The van der Waals surface area contributed by atoms with E-state index in [4.69, 9.17) is 23.2 Å². The van der Waals surface area contributed by atoms with E-state index in [-0.39, 0.29) is 17.2 Å². The Kier molecular flexibility index (Phi) is 7.64. The Morgan fingerprint density at radius 3 is 2.37 bits per heavy atom. The Morgan fingerprint density at radius 2 is 1.74 bits per heavy atom. The number of alkyl halides is 6. The number of halogens is 8. The number of hydrogen-bond donors (Lipinski definition) is 2. The minimum Gasteiger partial charge on any atom is -0.367 e. The van der Waals surface area contributed by atoms with E-state index >= 15 is 0 Å². The number of nitrogens with zero attached hydrogens (tertiary/aromatic N) is 2. The van der Waals surface area contributed by atoms with Crippen LogP contribution in [0.1, 0.15) is 40.4 Å². The molecule has 1 amide bonds. The zero-order valence-electron chi connectivity index (χ0n) is 19.9. The van der Waals surface area contributed by atoms with Crippen LogP contribution in [0.5, 0.6) is 0 Å². The maximum absolute atomic E-state index is 13.1. The summed E-state index contributed by atoms with van der Waals surface area (Å²) < 4.78 is 78.9. The number of amides is 1. The molecule has 4 rings (SSSR count). The van der Waals surface area contributed by atoms with Gasteiger partial charge in [-0.05, 0) is 48.4 Å². The molecule has 1 aliphatic carbocycles. The van der Waals surface area contributed by atoms with Gasteiger partial charge in [-0.15, -0.1) is 0 Å². The molecule has 1 unspecified atom stereocenters. The van der Waals surface area contributed by atoms with Crippen LogP contribution < -0.4 is 15.5 Å². The lowest BCUT2D eigenvalue weighted by Gasteiger charge is -2.40. The number of benzene rings is 1. The normalized spacial score (nSPS) is 19.8. The second kappa shape index (κ2) is 10.3. The van der Waals surface area contributed by atoms with E-state index in [1.165, 1.54) is 6.20 Å². The molecule has 2 N–H and O–H groups in total. The van der Waals surface area contributed by atoms with Crippen LogP contribution in [-0.2, 0) is 18.9 Å². The monoisotopic (exact) mass is 578 g/mol. The first-order valence-corrected chi connectivity index (χ1v) is 12.2. The number of fused-ring (bicyclic) bond motifs is 1. The lowest BCUT2D eigenvalue weighted by Crippen LogP contribution is -2.42. The molecule has 2 aliphatic rings. The highest BCUT2D eigenvalue weighted by atomic mass is 35.5. The summed E-state index contributed by atoms with van der Waals surface area (Å²) in [5, 5.41) is 6.82. The van der Waals surface area contributed by atoms with Gasteiger partial charge in [0.15, 0.2) is 0 Å².